The number of aliphatic imine (C=N–C) groups is 1. The van der Waals surface area contributed by atoms with E-state index in [9.17, 15) is 13.2 Å². The number of ether oxygens (including phenoxy) is 2. The Kier molecular flexibility index (Phi) is 6.61. The van der Waals surface area contributed by atoms with Gasteiger partial charge in [-0.2, -0.15) is 0 Å². The van der Waals surface area contributed by atoms with Crippen LogP contribution >= 0.6 is 11.8 Å². The molecule has 1 N–H and O–H groups in total. The minimum atomic E-state index is -3.06. The zero-order valence-corrected chi connectivity index (χ0v) is 19.5. The highest BCUT2D eigenvalue weighted by molar-refractivity contribution is 8.15. The van der Waals surface area contributed by atoms with Crippen LogP contribution in [0.25, 0.3) is 0 Å². The lowest BCUT2D eigenvalue weighted by Gasteiger charge is -2.24. The fourth-order valence-corrected chi connectivity index (χ4v) is 7.45. The molecule has 0 spiro atoms. The maximum Gasteiger partial charge on any atom is 0.244 e. The Morgan fingerprint density at radius 2 is 1.97 bits per heavy atom. The fraction of sp³-hybridized carbons (Fsp3) is 0.364. The van der Waals surface area contributed by atoms with Gasteiger partial charge in [-0.1, -0.05) is 17.8 Å². The van der Waals surface area contributed by atoms with Crippen LogP contribution in [-0.2, 0) is 14.6 Å². The minimum Gasteiger partial charge on any atom is -0.497 e. The van der Waals surface area contributed by atoms with Crippen LogP contribution in [-0.4, -0.2) is 62.6 Å². The number of nitrogens with one attached hydrogen (secondary N) is 1. The monoisotopic (exact) mass is 475 g/mol. The molecule has 1 fully saturated rings. The first-order valence-corrected chi connectivity index (χ1v) is 13.0. The number of hydrogen-bond donors (Lipinski definition) is 1. The molecule has 2 atom stereocenters. The summed E-state index contributed by atoms with van der Waals surface area (Å²) in [4.78, 5) is 19.4. The average Bonchev–Trinajstić information content (AvgIpc) is 3.26. The smallest absolute Gasteiger partial charge is 0.244 e. The quantitative estimate of drug-likeness (QED) is 0.658. The molecule has 10 heteroatoms. The van der Waals surface area contributed by atoms with Gasteiger partial charge in [-0.25, -0.2) is 8.42 Å². The van der Waals surface area contributed by atoms with Crippen molar-refractivity contribution in [3.8, 4) is 11.5 Å². The van der Waals surface area contributed by atoms with Crippen LogP contribution in [0.3, 0.4) is 0 Å². The highest BCUT2D eigenvalue weighted by atomic mass is 32.2. The molecule has 4 rings (SSSR count). The minimum absolute atomic E-state index is 0.0310. The van der Waals surface area contributed by atoms with Crippen LogP contribution < -0.4 is 19.7 Å². The lowest BCUT2D eigenvalue weighted by atomic mass is 10.2. The van der Waals surface area contributed by atoms with Gasteiger partial charge in [0, 0.05) is 22.7 Å². The normalized spacial score (nSPS) is 20.9. The van der Waals surface area contributed by atoms with Gasteiger partial charge in [0.1, 0.15) is 18.0 Å². The first kappa shape index (κ1) is 22.5. The summed E-state index contributed by atoms with van der Waals surface area (Å²) in [6, 6.07) is 14.3. The molecule has 2 aromatic carbocycles. The number of fused-ring (bicyclic) bond motifs is 1. The molecule has 2 unspecified atom stereocenters. The van der Waals surface area contributed by atoms with E-state index < -0.39 is 9.84 Å². The van der Waals surface area contributed by atoms with Gasteiger partial charge in [-0.15, -0.1) is 0 Å². The Balaban J connectivity index is 1.55. The summed E-state index contributed by atoms with van der Waals surface area (Å²) >= 11 is 1.42. The van der Waals surface area contributed by atoms with Crippen molar-refractivity contribution in [1.29, 1.82) is 0 Å². The summed E-state index contributed by atoms with van der Waals surface area (Å²) < 4.78 is 34.6. The third-order valence-corrected chi connectivity index (χ3v) is 8.40. The third kappa shape index (κ3) is 5.18. The van der Waals surface area contributed by atoms with Gasteiger partial charge >= 0.3 is 0 Å². The molecule has 2 aliphatic rings. The molecule has 2 aromatic rings. The molecule has 1 saturated heterocycles. The van der Waals surface area contributed by atoms with Crippen LogP contribution in [0.5, 0.6) is 11.5 Å². The molecular weight excluding hydrogens is 450 g/mol. The van der Waals surface area contributed by atoms with E-state index in [0.29, 0.717) is 23.2 Å². The van der Waals surface area contributed by atoms with Crippen LogP contribution in [0.15, 0.2) is 53.5 Å². The highest BCUT2D eigenvalue weighted by Gasteiger charge is 2.44. The van der Waals surface area contributed by atoms with E-state index in [1.54, 1.807) is 31.4 Å². The van der Waals surface area contributed by atoms with Crippen molar-refractivity contribution >= 4 is 44.0 Å². The molecular formula is C22H25N3O5S2. The predicted octanol–water partition coefficient (Wildman–Crippen LogP) is 2.81. The lowest BCUT2D eigenvalue weighted by molar-refractivity contribution is -0.114. The number of hydrogen-bond acceptors (Lipinski definition) is 8. The molecule has 0 aliphatic carbocycles. The average molecular weight is 476 g/mol. The Labute approximate surface area is 191 Å². The van der Waals surface area contributed by atoms with Crippen molar-refractivity contribution < 1.29 is 22.7 Å². The maximum atomic E-state index is 12.9. The van der Waals surface area contributed by atoms with Gasteiger partial charge in [0.25, 0.3) is 0 Å². The summed E-state index contributed by atoms with van der Waals surface area (Å²) in [5.41, 5.74) is 1.41. The number of thioether (sulfide) groups is 1. The second-order valence-corrected chi connectivity index (χ2v) is 10.9. The van der Waals surface area contributed by atoms with Gasteiger partial charge in [-0.05, 0) is 43.3 Å². The fourth-order valence-electron chi connectivity index (χ4n) is 3.67. The Hall–Kier alpha value is -2.72. The zero-order valence-electron chi connectivity index (χ0n) is 17.9. The lowest BCUT2D eigenvalue weighted by Crippen LogP contribution is -2.36. The van der Waals surface area contributed by atoms with Crippen LogP contribution in [0.1, 0.15) is 6.92 Å². The summed E-state index contributed by atoms with van der Waals surface area (Å²) in [6.45, 7) is 2.51. The highest BCUT2D eigenvalue weighted by Crippen LogP contribution is 2.37. The van der Waals surface area contributed by atoms with Crippen molar-refractivity contribution in [2.75, 3.05) is 42.0 Å². The van der Waals surface area contributed by atoms with Crippen molar-refractivity contribution in [3.05, 3.63) is 48.5 Å². The Morgan fingerprint density at radius 1 is 1.19 bits per heavy atom. The van der Waals surface area contributed by atoms with Gasteiger partial charge < -0.3 is 19.7 Å². The molecule has 2 aliphatic heterocycles. The van der Waals surface area contributed by atoms with Crippen LogP contribution in [0, 0.1) is 0 Å². The molecule has 170 valence electrons. The molecule has 0 aromatic heterocycles. The van der Waals surface area contributed by atoms with Crippen molar-refractivity contribution in [3.63, 3.8) is 0 Å². The molecule has 0 radical (unpaired) electrons. The van der Waals surface area contributed by atoms with Gasteiger partial charge in [0.2, 0.25) is 5.91 Å². The molecule has 32 heavy (non-hydrogen) atoms. The molecule has 8 nitrogen and oxygen atoms in total. The van der Waals surface area contributed by atoms with Crippen molar-refractivity contribution in [2.45, 2.75) is 18.2 Å². The number of benzene rings is 2. The number of carbonyl (C=O) groups is 1. The standard InChI is InChI=1S/C22H25N3O5S2/c1-3-30-17-9-7-16(8-10-17)25(22-24-19-13-32(27,28)14-20(19)31-22)12-21(26)23-15-5-4-6-18(11-15)29-2/h4-11,19-20H,3,12-14H2,1-2H3,(H,23,26). The summed E-state index contributed by atoms with van der Waals surface area (Å²) in [5.74, 6) is 1.33. The van der Waals surface area contributed by atoms with Crippen molar-refractivity contribution in [2.24, 2.45) is 4.99 Å². The number of anilines is 2. The topological polar surface area (TPSA) is 97.3 Å². The maximum absolute atomic E-state index is 12.9. The largest absolute Gasteiger partial charge is 0.497 e. The number of sulfone groups is 1. The van der Waals surface area contributed by atoms with E-state index in [1.807, 2.05) is 36.1 Å². The summed E-state index contributed by atoms with van der Waals surface area (Å²) in [7, 11) is -1.49. The van der Waals surface area contributed by atoms with E-state index in [0.717, 1.165) is 11.4 Å². The number of rotatable bonds is 7. The second-order valence-electron chi connectivity index (χ2n) is 7.51. The van der Waals surface area contributed by atoms with Gasteiger partial charge in [-0.3, -0.25) is 9.79 Å². The molecule has 2 heterocycles. The van der Waals surface area contributed by atoms with Gasteiger partial charge in [0.05, 0.1) is 31.3 Å². The summed E-state index contributed by atoms with van der Waals surface area (Å²) in [5, 5.41) is 3.43. The number of nitrogens with zero attached hydrogens (tertiary/aromatic N) is 2. The number of carbonyl (C=O) groups excluding carboxylic acids is 1. The Bertz CT molecular complexity index is 1120. The first-order chi connectivity index (χ1) is 15.4. The molecule has 1 amide bonds. The van der Waals surface area contributed by atoms with Gasteiger partial charge in [0.15, 0.2) is 15.0 Å². The third-order valence-electron chi connectivity index (χ3n) is 5.15. The second kappa shape index (κ2) is 9.41. The number of amides is 1. The van der Waals surface area contributed by atoms with Crippen LogP contribution in [0.2, 0.25) is 0 Å². The van der Waals surface area contributed by atoms with E-state index in [1.165, 1.54) is 11.8 Å². The number of amidine groups is 1. The van der Waals surface area contributed by atoms with E-state index in [2.05, 4.69) is 10.3 Å². The molecule has 0 saturated carbocycles. The van der Waals surface area contributed by atoms with E-state index in [-0.39, 0.29) is 35.2 Å². The Morgan fingerprint density at radius 3 is 2.66 bits per heavy atom. The van der Waals surface area contributed by atoms with Crippen molar-refractivity contribution in [1.82, 2.24) is 0 Å². The first-order valence-electron chi connectivity index (χ1n) is 10.3. The number of methoxy groups -OCH3 is 1. The van der Waals surface area contributed by atoms with Crippen LogP contribution in [0.4, 0.5) is 11.4 Å². The predicted molar refractivity (Wildman–Crippen MR) is 128 cm³/mol. The van der Waals surface area contributed by atoms with E-state index >= 15 is 0 Å². The summed E-state index contributed by atoms with van der Waals surface area (Å²) in [6.07, 6.45) is 0. The zero-order chi connectivity index (χ0) is 22.7. The van der Waals surface area contributed by atoms with E-state index in [4.69, 9.17) is 9.47 Å². The molecule has 0 bridgehead atoms. The SMILES string of the molecule is CCOc1ccc(N(CC(=O)Nc2cccc(OC)c2)C2=NC3CS(=O)(=O)CC3S2)cc1.